The molecule has 0 aromatic carbocycles. The van der Waals surface area contributed by atoms with Crippen LogP contribution in [0.4, 0.5) is 0 Å². The molecule has 0 amide bonds. The summed E-state index contributed by atoms with van der Waals surface area (Å²) in [6, 6.07) is 0. The molecule has 1 aliphatic carbocycles. The molecule has 1 radical (unpaired) electrons. The van der Waals surface area contributed by atoms with Gasteiger partial charge in [-0.2, -0.15) is 5.43 Å². The van der Waals surface area contributed by atoms with Gasteiger partial charge in [0, 0.05) is 13.1 Å². The third kappa shape index (κ3) is 0.861. The summed E-state index contributed by atoms with van der Waals surface area (Å²) in [5.41, 5.74) is 5.56. The van der Waals surface area contributed by atoms with E-state index >= 15 is 0 Å². The molecular weight excluding hydrogens is 160 g/mol. The van der Waals surface area contributed by atoms with Gasteiger partial charge in [-0.3, -0.25) is 0 Å². The van der Waals surface area contributed by atoms with Gasteiger partial charge in [-0.1, -0.05) is 13.8 Å². The zero-order valence-corrected chi connectivity index (χ0v) is 8.88. The molecule has 3 heterocycles. The Kier molecular flexibility index (Phi) is 1.34. The molecule has 4 atom stereocenters. The number of hydrogen-bond acceptors (Lipinski definition) is 1. The van der Waals surface area contributed by atoms with Gasteiger partial charge in [0.05, 0.1) is 5.54 Å². The maximum absolute atomic E-state index is 4.89. The second kappa shape index (κ2) is 2.12. The quantitative estimate of drug-likeness (QED) is 0.552. The van der Waals surface area contributed by atoms with Crippen molar-refractivity contribution in [2.75, 3.05) is 13.1 Å². The van der Waals surface area contributed by atoms with Crippen LogP contribution in [0.5, 0.6) is 0 Å². The number of rotatable bonds is 0. The minimum atomic E-state index is 0.247. The summed E-state index contributed by atoms with van der Waals surface area (Å²) in [4.78, 5) is 0. The fourth-order valence-corrected chi connectivity index (χ4v) is 3.68. The van der Waals surface area contributed by atoms with E-state index in [1.807, 2.05) is 0 Å². The Morgan fingerprint density at radius 3 is 2.62 bits per heavy atom. The Morgan fingerprint density at radius 1 is 1.23 bits per heavy atom. The highest BCUT2D eigenvalue weighted by Crippen LogP contribution is 2.55. The largest absolute Gasteiger partial charge is 0.226 e. The SMILES string of the molecule is CC12CC3CC(CN(C3)[N]1)C2(C)C. The van der Waals surface area contributed by atoms with Crippen LogP contribution in [0.2, 0.25) is 0 Å². The minimum absolute atomic E-state index is 0.247. The molecule has 0 aromatic heterocycles. The third-order valence-electron chi connectivity index (χ3n) is 4.97. The van der Waals surface area contributed by atoms with Crippen LogP contribution in [0, 0.1) is 17.3 Å². The van der Waals surface area contributed by atoms with Gasteiger partial charge >= 0.3 is 0 Å². The summed E-state index contributed by atoms with van der Waals surface area (Å²) in [5.74, 6) is 1.83. The predicted octanol–water partition coefficient (Wildman–Crippen LogP) is 1.65. The zero-order chi connectivity index (χ0) is 9.27. The number of nitrogens with zero attached hydrogens (tertiary/aromatic N) is 2. The first-order valence-corrected chi connectivity index (χ1v) is 5.49. The fraction of sp³-hybridized carbons (Fsp3) is 1.00. The summed E-state index contributed by atoms with van der Waals surface area (Å²) < 4.78 is 0. The molecule has 4 unspecified atom stereocenters. The lowest BCUT2D eigenvalue weighted by Gasteiger charge is -2.64. The molecule has 3 saturated heterocycles. The fourth-order valence-electron chi connectivity index (χ4n) is 3.68. The lowest BCUT2D eigenvalue weighted by molar-refractivity contribution is -0.173. The van der Waals surface area contributed by atoms with Crippen molar-refractivity contribution in [3.63, 3.8) is 0 Å². The summed E-state index contributed by atoms with van der Waals surface area (Å²) in [5, 5.41) is 2.34. The highest BCUT2D eigenvalue weighted by atomic mass is 15.6. The van der Waals surface area contributed by atoms with Crippen molar-refractivity contribution in [3.8, 4) is 0 Å². The van der Waals surface area contributed by atoms with Gasteiger partial charge in [0.1, 0.15) is 0 Å². The van der Waals surface area contributed by atoms with E-state index in [9.17, 15) is 0 Å². The Morgan fingerprint density at radius 2 is 2.00 bits per heavy atom. The molecule has 0 spiro atoms. The first-order chi connectivity index (χ1) is 6.01. The van der Waals surface area contributed by atoms with Gasteiger partial charge in [-0.05, 0) is 37.0 Å². The molecule has 13 heavy (non-hydrogen) atoms. The van der Waals surface area contributed by atoms with Gasteiger partial charge in [0.2, 0.25) is 0 Å². The molecule has 4 aliphatic rings. The summed E-state index contributed by atoms with van der Waals surface area (Å²) in [7, 11) is 0. The van der Waals surface area contributed by atoms with E-state index < -0.39 is 0 Å². The molecular formula is C11H19N2. The molecule has 2 heteroatoms. The van der Waals surface area contributed by atoms with Crippen LogP contribution in [0.15, 0.2) is 0 Å². The lowest BCUT2D eigenvalue weighted by atomic mass is 9.53. The highest BCUT2D eigenvalue weighted by molar-refractivity contribution is 5.11. The van der Waals surface area contributed by atoms with E-state index in [1.165, 1.54) is 25.9 Å². The Bertz CT molecular complexity index is 232. The van der Waals surface area contributed by atoms with Gasteiger partial charge in [-0.15, -0.1) is 0 Å². The molecule has 2 nitrogen and oxygen atoms in total. The zero-order valence-electron chi connectivity index (χ0n) is 8.88. The van der Waals surface area contributed by atoms with Crippen LogP contribution in [0.1, 0.15) is 33.6 Å². The third-order valence-corrected chi connectivity index (χ3v) is 4.97. The average Bonchev–Trinajstić information content (AvgIpc) is 1.99. The smallest absolute Gasteiger partial charge is 0.0557 e. The molecule has 3 aliphatic heterocycles. The standard InChI is InChI=1S/C11H19N2/c1-10(2)9-4-8-5-11(10,3)12-13(6-8)7-9/h8-9H,4-7H2,1-3H3. The van der Waals surface area contributed by atoms with E-state index in [-0.39, 0.29) is 5.54 Å². The topological polar surface area (TPSA) is 17.3 Å². The normalized spacial score (nSPS) is 57.0. The van der Waals surface area contributed by atoms with Gasteiger partial charge in [0.15, 0.2) is 0 Å². The van der Waals surface area contributed by atoms with Crippen molar-refractivity contribution in [3.05, 3.63) is 0 Å². The van der Waals surface area contributed by atoms with Crippen molar-refractivity contribution in [1.82, 2.24) is 10.4 Å². The molecule has 73 valence electrons. The monoisotopic (exact) mass is 179 g/mol. The summed E-state index contributed by atoms with van der Waals surface area (Å²) in [6.45, 7) is 9.65. The predicted molar refractivity (Wildman–Crippen MR) is 52.1 cm³/mol. The minimum Gasteiger partial charge on any atom is -0.226 e. The summed E-state index contributed by atoms with van der Waals surface area (Å²) >= 11 is 0. The van der Waals surface area contributed by atoms with Crippen LogP contribution >= 0.6 is 0 Å². The van der Waals surface area contributed by atoms with Crippen molar-refractivity contribution in [2.24, 2.45) is 17.3 Å². The van der Waals surface area contributed by atoms with E-state index in [0.717, 1.165) is 11.8 Å². The van der Waals surface area contributed by atoms with Crippen LogP contribution in [-0.2, 0) is 0 Å². The first kappa shape index (κ1) is 8.25. The Hall–Kier alpha value is -0.0800. The van der Waals surface area contributed by atoms with Crippen LogP contribution in [0.3, 0.4) is 0 Å². The second-order valence-corrected chi connectivity index (χ2v) is 5.97. The maximum Gasteiger partial charge on any atom is 0.0557 e. The van der Waals surface area contributed by atoms with E-state index in [2.05, 4.69) is 25.8 Å². The van der Waals surface area contributed by atoms with Crippen molar-refractivity contribution < 1.29 is 0 Å². The molecule has 0 N–H and O–H groups in total. The van der Waals surface area contributed by atoms with Crippen LogP contribution < -0.4 is 5.43 Å². The molecule has 4 rings (SSSR count). The van der Waals surface area contributed by atoms with Gasteiger partial charge in [-0.25, -0.2) is 5.01 Å². The highest BCUT2D eigenvalue weighted by Gasteiger charge is 2.59. The lowest BCUT2D eigenvalue weighted by Crippen LogP contribution is -2.72. The van der Waals surface area contributed by atoms with Gasteiger partial charge < -0.3 is 0 Å². The molecule has 1 saturated carbocycles. The molecule has 0 aromatic rings. The van der Waals surface area contributed by atoms with Crippen LogP contribution in [0.25, 0.3) is 0 Å². The van der Waals surface area contributed by atoms with Crippen molar-refractivity contribution >= 4 is 0 Å². The average molecular weight is 179 g/mol. The maximum atomic E-state index is 4.89. The van der Waals surface area contributed by atoms with E-state index in [1.54, 1.807) is 0 Å². The van der Waals surface area contributed by atoms with Crippen molar-refractivity contribution in [1.29, 1.82) is 0 Å². The van der Waals surface area contributed by atoms with E-state index in [4.69, 9.17) is 5.43 Å². The number of piperidine rings is 1. The Labute approximate surface area is 80.7 Å². The van der Waals surface area contributed by atoms with Gasteiger partial charge in [0.25, 0.3) is 0 Å². The van der Waals surface area contributed by atoms with E-state index in [0.29, 0.717) is 5.41 Å². The molecule has 4 fully saturated rings. The summed E-state index contributed by atoms with van der Waals surface area (Å²) in [6.07, 6.45) is 2.78. The Balaban J connectivity index is 2.03. The number of hydrogen-bond donors (Lipinski definition) is 0. The first-order valence-electron chi connectivity index (χ1n) is 5.49. The van der Waals surface area contributed by atoms with Crippen LogP contribution in [-0.4, -0.2) is 23.6 Å². The van der Waals surface area contributed by atoms with Crippen molar-refractivity contribution in [2.45, 2.75) is 39.2 Å². The second-order valence-electron chi connectivity index (χ2n) is 5.97. The molecule has 4 bridgehead atoms.